The number of aryl methyl sites for hydroxylation is 1. The van der Waals surface area contributed by atoms with E-state index in [0.29, 0.717) is 36.6 Å². The second-order valence-corrected chi connectivity index (χ2v) is 8.30. The molecule has 0 saturated carbocycles. The van der Waals surface area contributed by atoms with Crippen LogP contribution in [0, 0.1) is 18.7 Å². The average Bonchev–Trinajstić information content (AvgIpc) is 2.83. The summed E-state index contributed by atoms with van der Waals surface area (Å²) >= 11 is 0. The van der Waals surface area contributed by atoms with E-state index in [0.717, 1.165) is 24.1 Å². The van der Waals surface area contributed by atoms with Crippen molar-refractivity contribution in [3.8, 4) is 11.3 Å². The first-order valence-corrected chi connectivity index (χ1v) is 11.1. The standard InChI is InChI=1S/C26H27FN4O2/c1-18-23(12-13-24(29-18)20-8-3-2-4-9-20)25(32)31-14-6-7-19(17-31)16-28-26(33)30-22-11-5-10-21(27)15-22/h2-5,8-13,15,19H,6-7,14,16-17H2,1H3,(H2,28,30,33). The number of urea groups is 1. The zero-order chi connectivity index (χ0) is 23.2. The van der Waals surface area contributed by atoms with E-state index in [1.54, 1.807) is 12.1 Å². The molecule has 3 amide bonds. The predicted octanol–water partition coefficient (Wildman–Crippen LogP) is 4.87. The molecule has 1 fully saturated rings. The number of anilines is 1. The summed E-state index contributed by atoms with van der Waals surface area (Å²) in [6.45, 7) is 3.55. The van der Waals surface area contributed by atoms with Gasteiger partial charge in [-0.2, -0.15) is 0 Å². The van der Waals surface area contributed by atoms with Crippen molar-refractivity contribution in [2.45, 2.75) is 19.8 Å². The van der Waals surface area contributed by atoms with Gasteiger partial charge in [0.15, 0.2) is 0 Å². The van der Waals surface area contributed by atoms with Crippen LogP contribution in [0.4, 0.5) is 14.9 Å². The Morgan fingerprint density at radius 3 is 2.67 bits per heavy atom. The van der Waals surface area contributed by atoms with E-state index < -0.39 is 5.82 Å². The number of rotatable bonds is 5. The minimum absolute atomic E-state index is 0.0338. The topological polar surface area (TPSA) is 74.3 Å². The maximum absolute atomic E-state index is 13.3. The number of carbonyl (C=O) groups excluding carboxylic acids is 2. The number of nitrogens with zero attached hydrogens (tertiary/aromatic N) is 2. The highest BCUT2D eigenvalue weighted by Gasteiger charge is 2.26. The molecule has 1 unspecified atom stereocenters. The quantitative estimate of drug-likeness (QED) is 0.587. The fraction of sp³-hybridized carbons (Fsp3) is 0.269. The van der Waals surface area contributed by atoms with Gasteiger partial charge in [-0.25, -0.2) is 9.18 Å². The smallest absolute Gasteiger partial charge is 0.319 e. The molecule has 4 rings (SSSR count). The molecule has 0 bridgehead atoms. The van der Waals surface area contributed by atoms with Gasteiger partial charge in [0.1, 0.15) is 5.82 Å². The van der Waals surface area contributed by atoms with Gasteiger partial charge in [-0.3, -0.25) is 9.78 Å². The molecule has 2 N–H and O–H groups in total. The summed E-state index contributed by atoms with van der Waals surface area (Å²) in [6.07, 6.45) is 1.80. The van der Waals surface area contributed by atoms with Crippen LogP contribution in [0.3, 0.4) is 0 Å². The lowest BCUT2D eigenvalue weighted by atomic mass is 9.97. The largest absolute Gasteiger partial charge is 0.338 e. The second kappa shape index (κ2) is 10.3. The highest BCUT2D eigenvalue weighted by molar-refractivity contribution is 5.95. The first-order valence-electron chi connectivity index (χ1n) is 11.1. The fourth-order valence-electron chi connectivity index (χ4n) is 4.12. The highest BCUT2D eigenvalue weighted by Crippen LogP contribution is 2.22. The molecule has 0 spiro atoms. The molecule has 0 aliphatic carbocycles. The Balaban J connectivity index is 1.34. The third kappa shape index (κ3) is 5.74. The third-order valence-corrected chi connectivity index (χ3v) is 5.83. The van der Waals surface area contributed by atoms with Gasteiger partial charge in [0.2, 0.25) is 0 Å². The SMILES string of the molecule is Cc1nc(-c2ccccc2)ccc1C(=O)N1CCCC(CNC(=O)Nc2cccc(F)c2)C1. The molecule has 2 aromatic carbocycles. The van der Waals surface area contributed by atoms with Crippen LogP contribution in [0.5, 0.6) is 0 Å². The number of carbonyl (C=O) groups is 2. The van der Waals surface area contributed by atoms with Crippen molar-refractivity contribution in [1.82, 2.24) is 15.2 Å². The van der Waals surface area contributed by atoms with Crippen LogP contribution in [0.2, 0.25) is 0 Å². The maximum Gasteiger partial charge on any atom is 0.319 e. The molecular weight excluding hydrogens is 419 g/mol. The molecule has 1 atom stereocenters. The van der Waals surface area contributed by atoms with Gasteiger partial charge >= 0.3 is 6.03 Å². The molecule has 1 aliphatic rings. The van der Waals surface area contributed by atoms with Gasteiger partial charge < -0.3 is 15.5 Å². The highest BCUT2D eigenvalue weighted by atomic mass is 19.1. The molecular formula is C26H27FN4O2. The molecule has 1 saturated heterocycles. The number of nitrogens with one attached hydrogen (secondary N) is 2. The summed E-state index contributed by atoms with van der Waals surface area (Å²) in [4.78, 5) is 31.8. The first kappa shape index (κ1) is 22.5. The van der Waals surface area contributed by atoms with E-state index in [1.165, 1.54) is 12.1 Å². The van der Waals surface area contributed by atoms with Crippen molar-refractivity contribution in [2.75, 3.05) is 25.0 Å². The van der Waals surface area contributed by atoms with E-state index in [9.17, 15) is 14.0 Å². The van der Waals surface area contributed by atoms with Crippen molar-refractivity contribution in [3.05, 3.63) is 83.8 Å². The molecule has 1 aliphatic heterocycles. The minimum atomic E-state index is -0.407. The zero-order valence-corrected chi connectivity index (χ0v) is 18.6. The lowest BCUT2D eigenvalue weighted by molar-refractivity contribution is 0.0674. The van der Waals surface area contributed by atoms with Gasteiger partial charge in [0.05, 0.1) is 17.0 Å². The number of pyridine rings is 1. The van der Waals surface area contributed by atoms with Gasteiger partial charge in [-0.15, -0.1) is 0 Å². The summed E-state index contributed by atoms with van der Waals surface area (Å²) < 4.78 is 13.3. The van der Waals surface area contributed by atoms with Crippen LogP contribution in [0.15, 0.2) is 66.7 Å². The van der Waals surface area contributed by atoms with Crippen LogP contribution in [-0.4, -0.2) is 41.5 Å². The Morgan fingerprint density at radius 1 is 1.09 bits per heavy atom. The monoisotopic (exact) mass is 446 g/mol. The molecule has 3 aromatic rings. The minimum Gasteiger partial charge on any atom is -0.338 e. The number of aromatic nitrogens is 1. The van der Waals surface area contributed by atoms with Crippen molar-refractivity contribution < 1.29 is 14.0 Å². The van der Waals surface area contributed by atoms with Gasteiger partial charge in [0, 0.05) is 30.9 Å². The van der Waals surface area contributed by atoms with Crippen molar-refractivity contribution in [3.63, 3.8) is 0 Å². The van der Waals surface area contributed by atoms with Crippen LogP contribution in [0.25, 0.3) is 11.3 Å². The van der Waals surface area contributed by atoms with Crippen molar-refractivity contribution in [2.24, 2.45) is 5.92 Å². The molecule has 6 nitrogen and oxygen atoms in total. The lowest BCUT2D eigenvalue weighted by Crippen LogP contribution is -2.44. The summed E-state index contributed by atoms with van der Waals surface area (Å²) in [5.74, 6) is -0.290. The second-order valence-electron chi connectivity index (χ2n) is 8.30. The van der Waals surface area contributed by atoms with Gasteiger partial charge in [-0.05, 0) is 56.0 Å². The van der Waals surface area contributed by atoms with Crippen LogP contribution in [0.1, 0.15) is 28.9 Å². The predicted molar refractivity (Wildman–Crippen MR) is 126 cm³/mol. The zero-order valence-electron chi connectivity index (χ0n) is 18.6. The Hall–Kier alpha value is -3.74. The summed E-state index contributed by atoms with van der Waals surface area (Å²) in [5.41, 5.74) is 3.56. The summed E-state index contributed by atoms with van der Waals surface area (Å²) in [7, 11) is 0. The summed E-state index contributed by atoms with van der Waals surface area (Å²) in [6, 6.07) is 19.0. The van der Waals surface area contributed by atoms with E-state index in [4.69, 9.17) is 0 Å². The lowest BCUT2D eigenvalue weighted by Gasteiger charge is -2.33. The Morgan fingerprint density at radius 2 is 1.91 bits per heavy atom. The number of hydrogen-bond donors (Lipinski definition) is 2. The molecule has 0 radical (unpaired) electrons. The Labute approximate surface area is 192 Å². The van der Waals surface area contributed by atoms with Crippen LogP contribution >= 0.6 is 0 Å². The van der Waals surface area contributed by atoms with Crippen LogP contribution in [-0.2, 0) is 0 Å². The number of piperidine rings is 1. The van der Waals surface area contributed by atoms with E-state index in [-0.39, 0.29) is 17.9 Å². The Kier molecular flexibility index (Phi) is 6.98. The van der Waals surface area contributed by atoms with E-state index in [1.807, 2.05) is 54.3 Å². The van der Waals surface area contributed by atoms with Gasteiger partial charge in [0.25, 0.3) is 5.91 Å². The number of hydrogen-bond acceptors (Lipinski definition) is 3. The third-order valence-electron chi connectivity index (χ3n) is 5.83. The van der Waals surface area contributed by atoms with Crippen LogP contribution < -0.4 is 10.6 Å². The molecule has 2 heterocycles. The first-order chi connectivity index (χ1) is 16.0. The van der Waals surface area contributed by atoms with Gasteiger partial charge in [-0.1, -0.05) is 36.4 Å². The van der Waals surface area contributed by atoms with Crippen molar-refractivity contribution >= 4 is 17.6 Å². The molecule has 33 heavy (non-hydrogen) atoms. The Bertz CT molecular complexity index is 1140. The number of likely N-dealkylation sites (tertiary alicyclic amines) is 1. The molecule has 1 aromatic heterocycles. The molecule has 170 valence electrons. The van der Waals surface area contributed by atoms with Crippen molar-refractivity contribution in [1.29, 1.82) is 0 Å². The maximum atomic E-state index is 13.3. The van der Waals surface area contributed by atoms with E-state index in [2.05, 4.69) is 15.6 Å². The number of benzene rings is 2. The fourth-order valence-corrected chi connectivity index (χ4v) is 4.12. The number of amides is 3. The molecule has 7 heteroatoms. The summed E-state index contributed by atoms with van der Waals surface area (Å²) in [5, 5.41) is 5.46. The number of halogens is 1. The normalized spacial score (nSPS) is 15.7. The van der Waals surface area contributed by atoms with E-state index >= 15 is 0 Å². The average molecular weight is 447 g/mol.